The number of aryl methyl sites for hydroxylation is 3. The fraction of sp³-hybridized carbons (Fsp3) is 0.316. The molecule has 1 aromatic heterocycles. The van der Waals surface area contributed by atoms with Gasteiger partial charge in [-0.3, -0.25) is 0 Å². The Morgan fingerprint density at radius 2 is 1.87 bits per heavy atom. The van der Waals surface area contributed by atoms with Gasteiger partial charge in [0.05, 0.1) is 13.2 Å². The molecular weight excluding hydrogens is 352 g/mol. The molecule has 0 aliphatic carbocycles. The second-order valence-corrected chi connectivity index (χ2v) is 5.72. The van der Waals surface area contributed by atoms with Crippen molar-refractivity contribution in [1.29, 1.82) is 0 Å². The molecule has 0 fully saturated rings. The van der Waals surface area contributed by atoms with E-state index in [1.165, 1.54) is 22.2 Å². The van der Waals surface area contributed by atoms with Crippen LogP contribution in [0.3, 0.4) is 0 Å². The van der Waals surface area contributed by atoms with Crippen LogP contribution >= 0.6 is 0 Å². The van der Waals surface area contributed by atoms with Crippen molar-refractivity contribution in [2.24, 2.45) is 0 Å². The molecule has 23 heavy (non-hydrogen) atoms. The molecule has 4 heteroatoms. The summed E-state index contributed by atoms with van der Waals surface area (Å²) in [5.41, 5.74) is 5.24. The van der Waals surface area contributed by atoms with Crippen LogP contribution in [0.4, 0.5) is 0 Å². The molecule has 1 heterocycles. The maximum atomic E-state index is 5.23. The van der Waals surface area contributed by atoms with Crippen LogP contribution in [-0.2, 0) is 24.2 Å². The second-order valence-electron chi connectivity index (χ2n) is 5.72. The Morgan fingerprint density at radius 3 is 2.61 bits per heavy atom. The van der Waals surface area contributed by atoms with Gasteiger partial charge in [0.25, 0.3) is 0 Å². The number of rotatable bonds is 6. The van der Waals surface area contributed by atoms with Gasteiger partial charge in [-0.05, 0) is 30.2 Å². The summed E-state index contributed by atoms with van der Waals surface area (Å²) < 4.78 is 9.86. The predicted octanol–water partition coefficient (Wildman–Crippen LogP) is 0.130. The largest absolute Gasteiger partial charge is 1.00 e. The standard InChI is InChI=1S/C19H23N2O.BrH/c1-16-8-9-18-19(14-16)20(15-21(18)12-13-22-2)11-10-17-6-4-3-5-7-17;/h3-9,14-15H,10-13H2,1-2H3;1H/q+1;/p-1. The highest BCUT2D eigenvalue weighted by atomic mass is 79.9. The van der Waals surface area contributed by atoms with E-state index in [0.29, 0.717) is 0 Å². The highest BCUT2D eigenvalue weighted by Crippen LogP contribution is 2.14. The molecule has 3 rings (SSSR count). The van der Waals surface area contributed by atoms with Crippen LogP contribution in [0.15, 0.2) is 54.9 Å². The average molecular weight is 375 g/mol. The number of nitrogens with zero attached hydrogens (tertiary/aromatic N) is 2. The Morgan fingerprint density at radius 1 is 1.09 bits per heavy atom. The summed E-state index contributed by atoms with van der Waals surface area (Å²) >= 11 is 0. The van der Waals surface area contributed by atoms with Gasteiger partial charge in [-0.2, -0.15) is 0 Å². The smallest absolute Gasteiger partial charge is 0.244 e. The molecule has 0 amide bonds. The van der Waals surface area contributed by atoms with E-state index < -0.39 is 0 Å². The van der Waals surface area contributed by atoms with Crippen LogP contribution in [0.1, 0.15) is 11.1 Å². The Balaban J connectivity index is 0.00000192. The highest BCUT2D eigenvalue weighted by molar-refractivity contribution is 5.72. The Kier molecular flexibility index (Phi) is 6.37. The maximum absolute atomic E-state index is 5.23. The fourth-order valence-electron chi connectivity index (χ4n) is 2.84. The molecule has 0 aliphatic heterocycles. The lowest BCUT2D eigenvalue weighted by atomic mass is 10.1. The first-order valence-electron chi connectivity index (χ1n) is 7.80. The van der Waals surface area contributed by atoms with Gasteiger partial charge in [-0.15, -0.1) is 0 Å². The van der Waals surface area contributed by atoms with E-state index in [9.17, 15) is 0 Å². The van der Waals surface area contributed by atoms with E-state index in [1.807, 2.05) is 0 Å². The zero-order valence-corrected chi connectivity index (χ0v) is 15.3. The lowest BCUT2D eigenvalue weighted by Gasteiger charge is -1.99. The van der Waals surface area contributed by atoms with E-state index >= 15 is 0 Å². The van der Waals surface area contributed by atoms with E-state index in [4.69, 9.17) is 4.74 Å². The van der Waals surface area contributed by atoms with Gasteiger partial charge < -0.3 is 21.7 Å². The van der Waals surface area contributed by atoms with E-state index in [0.717, 1.165) is 26.1 Å². The summed E-state index contributed by atoms with van der Waals surface area (Å²) in [6.07, 6.45) is 3.26. The normalized spacial score (nSPS) is 10.7. The van der Waals surface area contributed by atoms with Crippen molar-refractivity contribution in [2.45, 2.75) is 26.4 Å². The van der Waals surface area contributed by atoms with Crippen LogP contribution in [0, 0.1) is 6.92 Å². The summed E-state index contributed by atoms with van der Waals surface area (Å²) in [6.45, 7) is 4.75. The van der Waals surface area contributed by atoms with Crippen LogP contribution in [0.5, 0.6) is 0 Å². The van der Waals surface area contributed by atoms with Crippen molar-refractivity contribution in [3.8, 4) is 0 Å². The summed E-state index contributed by atoms with van der Waals surface area (Å²) in [6, 6.07) is 17.3. The molecule has 0 N–H and O–H groups in total. The quantitative estimate of drug-likeness (QED) is 0.561. The van der Waals surface area contributed by atoms with E-state index in [1.54, 1.807) is 7.11 Å². The number of aromatic nitrogens is 2. The zero-order chi connectivity index (χ0) is 15.4. The monoisotopic (exact) mass is 374 g/mol. The van der Waals surface area contributed by atoms with Crippen molar-refractivity contribution >= 4 is 11.0 Å². The molecule has 3 aromatic rings. The van der Waals surface area contributed by atoms with Gasteiger partial charge >= 0.3 is 0 Å². The molecule has 0 spiro atoms. The van der Waals surface area contributed by atoms with Gasteiger partial charge in [0.1, 0.15) is 6.54 Å². The minimum atomic E-state index is 0. The lowest BCUT2D eigenvalue weighted by molar-refractivity contribution is -0.673. The summed E-state index contributed by atoms with van der Waals surface area (Å²) in [7, 11) is 1.75. The molecular formula is C19H23BrN2O. The SMILES string of the molecule is COCC[n+]1cn(CCc2ccccc2)c2cc(C)ccc21.[Br-]. The number of benzene rings is 2. The fourth-order valence-corrected chi connectivity index (χ4v) is 2.84. The van der Waals surface area contributed by atoms with Crippen LogP contribution in [-0.4, -0.2) is 18.3 Å². The average Bonchev–Trinajstić information content (AvgIpc) is 2.89. The Labute approximate surface area is 148 Å². The van der Waals surface area contributed by atoms with Crippen LogP contribution in [0.25, 0.3) is 11.0 Å². The first-order valence-corrected chi connectivity index (χ1v) is 7.80. The third-order valence-corrected chi connectivity index (χ3v) is 4.05. The molecule has 0 radical (unpaired) electrons. The van der Waals surface area contributed by atoms with Crippen LogP contribution in [0.2, 0.25) is 0 Å². The molecule has 3 nitrogen and oxygen atoms in total. The zero-order valence-electron chi connectivity index (χ0n) is 13.7. The number of hydrogen-bond donors (Lipinski definition) is 0. The van der Waals surface area contributed by atoms with Gasteiger partial charge in [0.2, 0.25) is 6.33 Å². The highest BCUT2D eigenvalue weighted by Gasteiger charge is 2.15. The number of halogens is 1. The third kappa shape index (κ3) is 4.21. The maximum Gasteiger partial charge on any atom is 0.244 e. The number of fused-ring (bicyclic) bond motifs is 1. The summed E-state index contributed by atoms with van der Waals surface area (Å²) in [4.78, 5) is 0. The van der Waals surface area contributed by atoms with Crippen molar-refractivity contribution in [3.63, 3.8) is 0 Å². The molecule has 0 saturated heterocycles. The summed E-state index contributed by atoms with van der Waals surface area (Å²) in [5.74, 6) is 0. The van der Waals surface area contributed by atoms with Gasteiger partial charge in [0.15, 0.2) is 11.0 Å². The number of imidazole rings is 1. The molecule has 0 saturated carbocycles. The Bertz CT molecular complexity index is 753. The number of ether oxygens (including phenoxy) is 1. The van der Waals surface area contributed by atoms with Gasteiger partial charge in [0, 0.05) is 13.5 Å². The molecule has 122 valence electrons. The van der Waals surface area contributed by atoms with Gasteiger partial charge in [-0.25, -0.2) is 9.13 Å². The minimum Gasteiger partial charge on any atom is -1.00 e. The first kappa shape index (κ1) is 17.7. The Hall–Kier alpha value is -1.65. The molecule has 2 aromatic carbocycles. The first-order chi connectivity index (χ1) is 10.8. The van der Waals surface area contributed by atoms with Crippen molar-refractivity contribution in [2.75, 3.05) is 13.7 Å². The minimum absolute atomic E-state index is 0. The number of hydrogen-bond acceptors (Lipinski definition) is 1. The second kappa shape index (κ2) is 8.27. The summed E-state index contributed by atoms with van der Waals surface area (Å²) in [5, 5.41) is 0. The molecule has 0 aliphatic rings. The van der Waals surface area contributed by atoms with Crippen molar-refractivity contribution < 1.29 is 26.3 Å². The van der Waals surface area contributed by atoms with Gasteiger partial charge in [-0.1, -0.05) is 36.4 Å². The third-order valence-electron chi connectivity index (χ3n) is 4.05. The lowest BCUT2D eigenvalue weighted by Crippen LogP contribution is -3.00. The van der Waals surface area contributed by atoms with Crippen LogP contribution < -0.4 is 21.5 Å². The molecule has 0 atom stereocenters. The van der Waals surface area contributed by atoms with Crippen molar-refractivity contribution in [3.05, 3.63) is 66.0 Å². The molecule has 0 unspecified atom stereocenters. The van der Waals surface area contributed by atoms with E-state index in [-0.39, 0.29) is 17.0 Å². The van der Waals surface area contributed by atoms with E-state index in [2.05, 4.69) is 70.9 Å². The molecule has 0 bridgehead atoms. The number of methoxy groups -OCH3 is 1. The predicted molar refractivity (Wildman–Crippen MR) is 88.9 cm³/mol. The van der Waals surface area contributed by atoms with Crippen molar-refractivity contribution in [1.82, 2.24) is 4.57 Å². The topological polar surface area (TPSA) is 18.0 Å².